The van der Waals surface area contributed by atoms with Gasteiger partial charge in [0.25, 0.3) is 0 Å². The van der Waals surface area contributed by atoms with E-state index in [0.717, 1.165) is 27.4 Å². The number of para-hydroxylation sites is 2. The Bertz CT molecular complexity index is 787. The molecule has 2 heterocycles. The second-order valence-electron chi connectivity index (χ2n) is 5.30. The molecule has 1 atom stereocenters. The van der Waals surface area contributed by atoms with Gasteiger partial charge in [0.1, 0.15) is 5.82 Å². The number of aryl methyl sites for hydroxylation is 2. The molecule has 3 rings (SSSR count). The maximum atomic E-state index is 12.0. The smallest absolute Gasteiger partial charge is 0.236 e. The largest absolute Gasteiger partial charge is 0.341 e. The highest BCUT2D eigenvalue weighted by Crippen LogP contribution is 2.28. The third-order valence-corrected chi connectivity index (χ3v) is 5.67. The van der Waals surface area contributed by atoms with Gasteiger partial charge in [0.2, 0.25) is 5.91 Å². The summed E-state index contributed by atoms with van der Waals surface area (Å²) in [5.41, 5.74) is 2.94. The zero-order valence-electron chi connectivity index (χ0n) is 13.2. The minimum absolute atomic E-state index is 0.0355. The average molecular weight is 346 g/mol. The van der Waals surface area contributed by atoms with Crippen LogP contribution in [0.4, 0.5) is 5.13 Å². The summed E-state index contributed by atoms with van der Waals surface area (Å²) >= 11 is 3.06. The molecule has 0 aliphatic carbocycles. The van der Waals surface area contributed by atoms with Gasteiger partial charge >= 0.3 is 0 Å². The van der Waals surface area contributed by atoms with Crippen molar-refractivity contribution >= 4 is 45.2 Å². The topological polar surface area (TPSA) is 70.7 Å². The molecule has 2 aromatic heterocycles. The fourth-order valence-electron chi connectivity index (χ4n) is 2.13. The highest BCUT2D eigenvalue weighted by atomic mass is 32.2. The molecule has 1 aromatic carbocycles. The number of rotatable bonds is 5. The number of H-pyrrole nitrogens is 1. The number of benzene rings is 1. The van der Waals surface area contributed by atoms with Gasteiger partial charge in [-0.25, -0.2) is 9.97 Å². The van der Waals surface area contributed by atoms with E-state index in [1.807, 2.05) is 45.0 Å². The Balaban J connectivity index is 1.57. The number of aromatic amines is 1. The van der Waals surface area contributed by atoms with Crippen LogP contribution in [0.1, 0.15) is 28.6 Å². The van der Waals surface area contributed by atoms with Crippen LogP contribution in [0.15, 0.2) is 24.3 Å². The SMILES string of the molecule is Cc1nc(NC(=O)CSC(C)c2nc3ccccc3[nH]2)sc1C. The zero-order valence-corrected chi connectivity index (χ0v) is 14.8. The van der Waals surface area contributed by atoms with Crippen LogP contribution in [-0.4, -0.2) is 26.6 Å². The van der Waals surface area contributed by atoms with Crippen molar-refractivity contribution in [3.63, 3.8) is 0 Å². The van der Waals surface area contributed by atoms with Crippen LogP contribution in [0, 0.1) is 13.8 Å². The second kappa shape index (κ2) is 6.72. The summed E-state index contributed by atoms with van der Waals surface area (Å²) in [7, 11) is 0. The van der Waals surface area contributed by atoms with E-state index in [1.165, 1.54) is 11.3 Å². The molecule has 23 heavy (non-hydrogen) atoms. The number of carbonyl (C=O) groups excluding carboxylic acids is 1. The van der Waals surface area contributed by atoms with Crippen molar-refractivity contribution in [3.8, 4) is 0 Å². The molecule has 0 aliphatic heterocycles. The third kappa shape index (κ3) is 3.73. The molecule has 5 nitrogen and oxygen atoms in total. The van der Waals surface area contributed by atoms with Crippen LogP contribution in [0.5, 0.6) is 0 Å². The highest BCUT2D eigenvalue weighted by molar-refractivity contribution is 8.00. The summed E-state index contributed by atoms with van der Waals surface area (Å²) < 4.78 is 0. The van der Waals surface area contributed by atoms with E-state index in [2.05, 4.69) is 20.3 Å². The summed E-state index contributed by atoms with van der Waals surface area (Å²) in [5, 5.41) is 3.64. The number of carbonyl (C=O) groups is 1. The lowest BCUT2D eigenvalue weighted by Crippen LogP contribution is -2.14. The third-order valence-electron chi connectivity index (χ3n) is 3.53. The number of nitrogens with one attached hydrogen (secondary N) is 2. The quantitative estimate of drug-likeness (QED) is 0.730. The standard InChI is InChI=1S/C16H18N4OS2/c1-9-10(2)23-16(17-9)20-14(21)8-22-11(3)15-18-12-6-4-5-7-13(12)19-15/h4-7,11H,8H2,1-3H3,(H,18,19)(H,17,20,21). The number of imidazole rings is 1. The van der Waals surface area contributed by atoms with Crippen molar-refractivity contribution in [2.75, 3.05) is 11.1 Å². The van der Waals surface area contributed by atoms with Gasteiger partial charge in [-0.1, -0.05) is 12.1 Å². The Morgan fingerprint density at radius 2 is 2.13 bits per heavy atom. The van der Waals surface area contributed by atoms with E-state index in [9.17, 15) is 4.79 Å². The Morgan fingerprint density at radius 1 is 1.35 bits per heavy atom. The first-order valence-corrected chi connectivity index (χ1v) is 9.19. The molecule has 0 fully saturated rings. The van der Waals surface area contributed by atoms with Crippen molar-refractivity contribution in [1.82, 2.24) is 15.0 Å². The van der Waals surface area contributed by atoms with Gasteiger partial charge in [-0.3, -0.25) is 4.79 Å². The van der Waals surface area contributed by atoms with Crippen LogP contribution >= 0.6 is 23.1 Å². The fourth-order valence-corrected chi connectivity index (χ4v) is 3.70. The maximum Gasteiger partial charge on any atom is 0.236 e. The molecule has 0 aliphatic rings. The van der Waals surface area contributed by atoms with Crippen molar-refractivity contribution in [3.05, 3.63) is 40.7 Å². The monoisotopic (exact) mass is 346 g/mol. The average Bonchev–Trinajstić information content (AvgIpc) is 3.08. The Kier molecular flexibility index (Phi) is 4.68. The van der Waals surface area contributed by atoms with Gasteiger partial charge in [-0.2, -0.15) is 0 Å². The molecule has 3 aromatic rings. The first-order valence-electron chi connectivity index (χ1n) is 7.33. The number of thioether (sulfide) groups is 1. The van der Waals surface area contributed by atoms with Gasteiger partial charge in [-0.15, -0.1) is 23.1 Å². The van der Waals surface area contributed by atoms with E-state index in [0.29, 0.717) is 10.9 Å². The van der Waals surface area contributed by atoms with Crippen molar-refractivity contribution < 1.29 is 4.79 Å². The van der Waals surface area contributed by atoms with E-state index in [-0.39, 0.29) is 11.2 Å². The number of thiazole rings is 1. The predicted molar refractivity (Wildman–Crippen MR) is 97.2 cm³/mol. The summed E-state index contributed by atoms with van der Waals surface area (Å²) in [6.45, 7) is 5.99. The van der Waals surface area contributed by atoms with E-state index in [4.69, 9.17) is 0 Å². The lowest BCUT2D eigenvalue weighted by molar-refractivity contribution is -0.113. The molecular formula is C16H18N4OS2. The van der Waals surface area contributed by atoms with Gasteiger partial charge in [-0.05, 0) is 32.9 Å². The number of fused-ring (bicyclic) bond motifs is 1. The second-order valence-corrected chi connectivity index (χ2v) is 7.83. The minimum Gasteiger partial charge on any atom is -0.341 e. The molecule has 0 bridgehead atoms. The zero-order chi connectivity index (χ0) is 16.4. The predicted octanol–water partition coefficient (Wildman–Crippen LogP) is 4.07. The Labute approximate surface area is 142 Å². The number of nitrogens with zero attached hydrogens (tertiary/aromatic N) is 2. The van der Waals surface area contributed by atoms with E-state index < -0.39 is 0 Å². The van der Waals surface area contributed by atoms with Crippen molar-refractivity contribution in [2.45, 2.75) is 26.0 Å². The summed E-state index contributed by atoms with van der Waals surface area (Å²) in [4.78, 5) is 25.4. The van der Waals surface area contributed by atoms with Crippen LogP contribution in [0.2, 0.25) is 0 Å². The molecule has 120 valence electrons. The lowest BCUT2D eigenvalue weighted by Gasteiger charge is -2.07. The molecule has 2 N–H and O–H groups in total. The Hall–Kier alpha value is -1.86. The number of aromatic nitrogens is 3. The van der Waals surface area contributed by atoms with Crippen LogP contribution in [0.3, 0.4) is 0 Å². The normalized spacial score (nSPS) is 12.5. The van der Waals surface area contributed by atoms with Gasteiger partial charge in [0, 0.05) is 4.88 Å². The highest BCUT2D eigenvalue weighted by Gasteiger charge is 2.14. The molecule has 1 unspecified atom stereocenters. The molecule has 7 heteroatoms. The van der Waals surface area contributed by atoms with Gasteiger partial charge in [0.15, 0.2) is 5.13 Å². The summed E-state index contributed by atoms with van der Waals surface area (Å²) in [6.07, 6.45) is 0. The van der Waals surface area contributed by atoms with Crippen molar-refractivity contribution in [2.24, 2.45) is 0 Å². The van der Waals surface area contributed by atoms with Crippen LogP contribution in [0.25, 0.3) is 11.0 Å². The van der Waals surface area contributed by atoms with Crippen LogP contribution < -0.4 is 5.32 Å². The summed E-state index contributed by atoms with van der Waals surface area (Å²) in [6, 6.07) is 7.93. The van der Waals surface area contributed by atoms with E-state index >= 15 is 0 Å². The molecular weight excluding hydrogens is 328 g/mol. The van der Waals surface area contributed by atoms with Gasteiger partial charge < -0.3 is 10.3 Å². The Morgan fingerprint density at radius 3 is 2.83 bits per heavy atom. The molecule has 0 saturated carbocycles. The van der Waals surface area contributed by atoms with Gasteiger partial charge in [0.05, 0.1) is 27.7 Å². The maximum absolute atomic E-state index is 12.0. The van der Waals surface area contributed by atoms with Crippen LogP contribution in [-0.2, 0) is 4.79 Å². The molecule has 0 saturated heterocycles. The minimum atomic E-state index is -0.0355. The van der Waals surface area contributed by atoms with Crippen molar-refractivity contribution in [1.29, 1.82) is 0 Å². The first-order chi connectivity index (χ1) is 11.0. The summed E-state index contributed by atoms with van der Waals surface area (Å²) in [5.74, 6) is 1.23. The fraction of sp³-hybridized carbons (Fsp3) is 0.312. The molecule has 0 radical (unpaired) electrons. The number of hydrogen-bond donors (Lipinski definition) is 2. The molecule has 0 spiro atoms. The van der Waals surface area contributed by atoms with E-state index in [1.54, 1.807) is 11.8 Å². The lowest BCUT2D eigenvalue weighted by atomic mass is 10.3. The number of amides is 1. The first kappa shape index (κ1) is 16.0. The number of anilines is 1. The number of hydrogen-bond acceptors (Lipinski definition) is 5. The molecule has 1 amide bonds.